The van der Waals surface area contributed by atoms with Gasteiger partial charge in [-0.05, 0) is 0 Å². The molecule has 0 aliphatic heterocycles. The van der Waals surface area contributed by atoms with Crippen LogP contribution in [0.3, 0.4) is 0 Å². The zero-order valence-electron chi connectivity index (χ0n) is 20.2. The normalized spacial score (nSPS) is 12.3. The molecule has 0 amide bonds. The third-order valence-corrected chi connectivity index (χ3v) is 4.76. The van der Waals surface area contributed by atoms with Gasteiger partial charge in [-0.25, -0.2) is 0 Å². The average molecular weight is 526 g/mol. The summed E-state index contributed by atoms with van der Waals surface area (Å²) in [5, 5.41) is 0. The van der Waals surface area contributed by atoms with Crippen LogP contribution < -0.4 is 14.2 Å². The second kappa shape index (κ2) is 26.0. The topological polar surface area (TPSA) is 146 Å². The van der Waals surface area contributed by atoms with Gasteiger partial charge in [0, 0.05) is 0 Å². The van der Waals surface area contributed by atoms with Gasteiger partial charge in [-0.2, -0.15) is 0 Å². The van der Waals surface area contributed by atoms with Crippen molar-refractivity contribution in [3.05, 3.63) is 56.0 Å². The Morgan fingerprint density at radius 1 is 0.857 bits per heavy atom. The molecule has 1 atom stereocenters. The summed E-state index contributed by atoms with van der Waals surface area (Å²) in [4.78, 5) is 0. The van der Waals surface area contributed by atoms with Crippen molar-refractivity contribution in [2.45, 2.75) is 38.9 Å². The van der Waals surface area contributed by atoms with Gasteiger partial charge in [-0.15, -0.1) is 0 Å². The molecule has 11 heteroatoms. The van der Waals surface area contributed by atoms with Crippen molar-refractivity contribution >= 4 is 10.6 Å². The van der Waals surface area contributed by atoms with Gasteiger partial charge >= 0.3 is 214 Å². The molecule has 0 spiro atoms. The van der Waals surface area contributed by atoms with Crippen LogP contribution in [0.5, 0.6) is 17.2 Å². The number of fused-ring (bicyclic) bond motifs is 1. The van der Waals surface area contributed by atoms with E-state index in [-0.39, 0.29) is 12.2 Å². The molecule has 1 aromatic rings. The van der Waals surface area contributed by atoms with E-state index < -0.39 is 0 Å². The first kappa shape index (κ1) is 39.6. The van der Waals surface area contributed by atoms with Crippen molar-refractivity contribution in [2.75, 3.05) is 28.4 Å². The van der Waals surface area contributed by atoms with Crippen LogP contribution in [0.1, 0.15) is 31.4 Å². The number of methoxy groups -OCH3 is 4. The summed E-state index contributed by atoms with van der Waals surface area (Å²) < 4.78 is 66.5. The van der Waals surface area contributed by atoms with Crippen molar-refractivity contribution in [3.63, 3.8) is 0 Å². The van der Waals surface area contributed by atoms with Crippen LogP contribution in [0, 0.1) is 33.3 Å². The quantitative estimate of drug-likeness (QED) is 0.396. The maximum absolute atomic E-state index is 7.50. The summed E-state index contributed by atoms with van der Waals surface area (Å²) in [6, 6.07) is 2.01. The van der Waals surface area contributed by atoms with Crippen molar-refractivity contribution < 1.29 is 62.8 Å². The first-order valence-electron chi connectivity index (χ1n) is 9.26. The molecule has 0 bridgehead atoms. The van der Waals surface area contributed by atoms with E-state index in [1.807, 2.05) is 19.9 Å². The molecule has 1 unspecified atom stereocenters. The zero-order chi connectivity index (χ0) is 28.6. The summed E-state index contributed by atoms with van der Waals surface area (Å²) in [5.41, 5.74) is 3.07. The molecule has 2 rings (SSSR count). The number of hydrogen-bond donors (Lipinski definition) is 0. The molecule has 188 valence electrons. The Balaban J connectivity index is -0.000000426. The van der Waals surface area contributed by atoms with E-state index >= 15 is 0 Å². The molecule has 0 saturated carbocycles. The molecule has 1 aliphatic rings. The van der Waals surface area contributed by atoms with Gasteiger partial charge in [0.15, 0.2) is 0 Å². The fourth-order valence-corrected chi connectivity index (χ4v) is 3.36. The van der Waals surface area contributed by atoms with E-state index in [0.717, 1.165) is 34.1 Å². The van der Waals surface area contributed by atoms with Gasteiger partial charge in [-0.3, -0.25) is 0 Å². The summed E-state index contributed by atoms with van der Waals surface area (Å²) in [6.07, 6.45) is 3.78. The van der Waals surface area contributed by atoms with E-state index in [1.54, 1.807) is 28.4 Å². The minimum absolute atomic E-state index is 0.0645. The molecule has 10 nitrogen and oxygen atoms in total. The fourth-order valence-electron chi connectivity index (χ4n) is 3.06. The molecule has 0 N–H and O–H groups in total. The third-order valence-electron chi connectivity index (χ3n) is 4.13. The first-order chi connectivity index (χ1) is 17.0. The molecule has 0 fully saturated rings. The van der Waals surface area contributed by atoms with Crippen LogP contribution in [-0.2, 0) is 55.0 Å². The molecular weight excluding hydrogens is 500 g/mol. The summed E-state index contributed by atoms with van der Waals surface area (Å²) in [6.45, 7) is 26.6. The molecule has 1 aliphatic carbocycles. The van der Waals surface area contributed by atoms with Crippen molar-refractivity contribution in [3.8, 4) is 17.2 Å². The summed E-state index contributed by atoms with van der Waals surface area (Å²) >= 11 is 3.00. The Labute approximate surface area is 214 Å². The van der Waals surface area contributed by atoms with Crippen LogP contribution in [-0.4, -0.2) is 45.2 Å². The number of ether oxygens (including phenoxy) is 5. The molecule has 0 aromatic heterocycles. The molecule has 35 heavy (non-hydrogen) atoms. The van der Waals surface area contributed by atoms with Crippen LogP contribution in [0.4, 0.5) is 0 Å². The first-order valence-corrected chi connectivity index (χ1v) is 9.89. The Kier molecular flexibility index (Phi) is 29.4. The van der Waals surface area contributed by atoms with E-state index in [4.69, 9.17) is 46.9 Å². The van der Waals surface area contributed by atoms with Gasteiger partial charge in [0.2, 0.25) is 0 Å². The Morgan fingerprint density at radius 3 is 1.71 bits per heavy atom. The Bertz CT molecular complexity index is 844. The van der Waals surface area contributed by atoms with Gasteiger partial charge in [-0.1, -0.05) is 0 Å². The van der Waals surface area contributed by atoms with Crippen molar-refractivity contribution in [2.24, 2.45) is 0 Å². The Morgan fingerprint density at radius 2 is 1.34 bits per heavy atom. The number of rotatable bonds is 7. The van der Waals surface area contributed by atoms with Crippen LogP contribution in [0.25, 0.3) is 6.08 Å². The molecule has 1 aromatic carbocycles. The predicted molar refractivity (Wildman–Crippen MR) is 114 cm³/mol. The standard InChI is InChI=1S/C19H26O5.5CO.Cr/c1-12(2)24-16-8-7-13-10-17(21-4)19(23-6)18(22-5)15(13)9-14(16)11-20-3;5*1-2;/h9-10,12,16H,7-8H2,1-6H3;;;;;;. The molecule has 0 saturated heterocycles. The maximum atomic E-state index is 7.50. The number of aryl methyl sites for hydroxylation is 1. The van der Waals surface area contributed by atoms with Crippen LogP contribution in [0.15, 0.2) is 11.6 Å². The van der Waals surface area contributed by atoms with E-state index in [1.165, 1.54) is 0 Å². The van der Waals surface area contributed by atoms with Crippen LogP contribution >= 0.6 is 0 Å². The number of benzene rings is 1. The monoisotopic (exact) mass is 526 g/mol. The fraction of sp³-hybridized carbons (Fsp3) is 0.417. The van der Waals surface area contributed by atoms with Gasteiger partial charge in [0.1, 0.15) is 0 Å². The van der Waals surface area contributed by atoms with Crippen LogP contribution in [0.2, 0.25) is 0 Å². The summed E-state index contributed by atoms with van der Waals surface area (Å²) in [7, 11) is 6.52. The SMILES string of the molecule is CO[C](=[Cr])C1=Cc2c(cc(OC)c(OC)c2OC)CCC1OC(C)C.[C-]#[O+].[C-]#[O+].[C-]#[O+].[C-]#[O+].[C-]#[O+]. The molecule has 0 heterocycles. The summed E-state index contributed by atoms with van der Waals surface area (Å²) in [5.74, 6) is 1.90. The molecular formula is C24H26CrO10. The number of hydrogen-bond acceptors (Lipinski definition) is 5. The average Bonchev–Trinajstić information content (AvgIpc) is 3.11. The van der Waals surface area contributed by atoms with E-state index in [9.17, 15) is 0 Å². The molecule has 0 radical (unpaired) electrons. The van der Waals surface area contributed by atoms with Gasteiger partial charge in [0.05, 0.1) is 0 Å². The minimum atomic E-state index is -0.0645. The van der Waals surface area contributed by atoms with Gasteiger partial charge in [0.25, 0.3) is 0 Å². The van der Waals surface area contributed by atoms with Crippen molar-refractivity contribution in [1.82, 2.24) is 0 Å². The van der Waals surface area contributed by atoms with Crippen molar-refractivity contribution in [1.29, 1.82) is 0 Å². The second-order valence-corrected chi connectivity index (χ2v) is 6.60. The second-order valence-electron chi connectivity index (χ2n) is 6.02. The predicted octanol–water partition coefficient (Wildman–Crippen LogP) is 2.97. The van der Waals surface area contributed by atoms with E-state index in [0.29, 0.717) is 17.2 Å². The van der Waals surface area contributed by atoms with Gasteiger partial charge < -0.3 is 0 Å². The third kappa shape index (κ3) is 12.6. The van der Waals surface area contributed by atoms with E-state index in [2.05, 4.69) is 55.2 Å². The Hall–Kier alpha value is -2.62. The zero-order valence-corrected chi connectivity index (χ0v) is 21.5.